The third-order valence-electron chi connectivity index (χ3n) is 5.85. The van der Waals surface area contributed by atoms with Crippen LogP contribution in [0.15, 0.2) is 46.2 Å². The van der Waals surface area contributed by atoms with Crippen LogP contribution >= 0.6 is 11.8 Å². The Kier molecular flexibility index (Phi) is 7.32. The predicted molar refractivity (Wildman–Crippen MR) is 128 cm³/mol. The lowest BCUT2D eigenvalue weighted by Crippen LogP contribution is -2.39. The molecule has 4 rings (SSSR count). The molecule has 1 saturated carbocycles. The van der Waals surface area contributed by atoms with Crippen LogP contribution in [0.3, 0.4) is 0 Å². The van der Waals surface area contributed by atoms with Crippen molar-refractivity contribution in [3.63, 3.8) is 0 Å². The van der Waals surface area contributed by atoms with Crippen LogP contribution in [0.4, 0.5) is 15.8 Å². The third-order valence-corrected chi connectivity index (χ3v) is 8.31. The van der Waals surface area contributed by atoms with Gasteiger partial charge >= 0.3 is 0 Å². The van der Waals surface area contributed by atoms with Crippen molar-refractivity contribution in [3.8, 4) is 5.75 Å². The SMILES string of the molecule is CCCC[C@H]1CN(c2ccc(F)cc2)c2cc(SCC)c(OCC3CC3)cc2S(=O)(=O)N1. The zero-order valence-electron chi connectivity index (χ0n) is 18.6. The number of sulfonamides is 1. The van der Waals surface area contributed by atoms with Gasteiger partial charge in [0.2, 0.25) is 10.0 Å². The van der Waals surface area contributed by atoms with E-state index in [2.05, 4.69) is 18.6 Å². The largest absolute Gasteiger partial charge is 0.492 e. The van der Waals surface area contributed by atoms with E-state index in [1.54, 1.807) is 30.0 Å². The molecule has 0 bridgehead atoms. The van der Waals surface area contributed by atoms with E-state index in [-0.39, 0.29) is 16.8 Å². The summed E-state index contributed by atoms with van der Waals surface area (Å²) in [5, 5.41) is 0. The maximum absolute atomic E-state index is 13.6. The highest BCUT2D eigenvalue weighted by molar-refractivity contribution is 7.99. The first kappa shape index (κ1) is 23.4. The van der Waals surface area contributed by atoms with Gasteiger partial charge in [-0.25, -0.2) is 17.5 Å². The first-order chi connectivity index (χ1) is 15.4. The molecule has 0 amide bonds. The van der Waals surface area contributed by atoms with Gasteiger partial charge in [-0.15, -0.1) is 11.8 Å². The summed E-state index contributed by atoms with van der Waals surface area (Å²) in [5.41, 5.74) is 1.38. The van der Waals surface area contributed by atoms with Gasteiger partial charge in [0, 0.05) is 24.3 Å². The van der Waals surface area contributed by atoms with Crippen LogP contribution in [0.25, 0.3) is 0 Å². The number of fused-ring (bicyclic) bond motifs is 1. The Balaban J connectivity index is 1.81. The minimum Gasteiger partial charge on any atom is -0.492 e. The van der Waals surface area contributed by atoms with Gasteiger partial charge in [0.05, 0.1) is 17.2 Å². The molecule has 0 aromatic heterocycles. The van der Waals surface area contributed by atoms with Gasteiger partial charge in [-0.3, -0.25) is 0 Å². The molecule has 2 aliphatic rings. The van der Waals surface area contributed by atoms with E-state index in [0.717, 1.165) is 35.6 Å². The van der Waals surface area contributed by atoms with E-state index in [1.165, 1.54) is 25.0 Å². The van der Waals surface area contributed by atoms with Gasteiger partial charge in [-0.1, -0.05) is 26.7 Å². The zero-order valence-corrected chi connectivity index (χ0v) is 20.3. The monoisotopic (exact) mass is 478 g/mol. The Hall–Kier alpha value is -1.77. The van der Waals surface area contributed by atoms with E-state index in [9.17, 15) is 12.8 Å². The molecule has 1 fully saturated rings. The van der Waals surface area contributed by atoms with Gasteiger partial charge in [0.15, 0.2) is 0 Å². The highest BCUT2D eigenvalue weighted by Gasteiger charge is 2.33. The van der Waals surface area contributed by atoms with Crippen molar-refractivity contribution in [1.29, 1.82) is 0 Å². The van der Waals surface area contributed by atoms with Crippen molar-refractivity contribution in [2.75, 3.05) is 23.8 Å². The molecule has 0 unspecified atom stereocenters. The predicted octanol–water partition coefficient (Wildman–Crippen LogP) is 5.72. The zero-order chi connectivity index (χ0) is 22.7. The van der Waals surface area contributed by atoms with Crippen molar-refractivity contribution in [2.45, 2.75) is 61.8 Å². The number of thioether (sulfide) groups is 1. The van der Waals surface area contributed by atoms with E-state index in [4.69, 9.17) is 4.74 Å². The first-order valence-corrected chi connectivity index (χ1v) is 13.9. The van der Waals surface area contributed by atoms with E-state index in [1.807, 2.05) is 11.0 Å². The molecule has 5 nitrogen and oxygen atoms in total. The summed E-state index contributed by atoms with van der Waals surface area (Å²) < 4.78 is 49.4. The van der Waals surface area contributed by atoms with Gasteiger partial charge in [-0.05, 0) is 61.3 Å². The topological polar surface area (TPSA) is 58.6 Å². The summed E-state index contributed by atoms with van der Waals surface area (Å²) in [5.74, 6) is 1.72. The van der Waals surface area contributed by atoms with Crippen molar-refractivity contribution in [2.24, 2.45) is 5.92 Å². The van der Waals surface area contributed by atoms with Crippen LogP contribution in [0.1, 0.15) is 46.0 Å². The number of hydrogen-bond acceptors (Lipinski definition) is 5. The Bertz CT molecular complexity index is 1040. The number of nitrogens with one attached hydrogen (secondary N) is 1. The number of nitrogens with zero attached hydrogens (tertiary/aromatic N) is 1. The minimum absolute atomic E-state index is 0.215. The Morgan fingerprint density at radius 2 is 1.94 bits per heavy atom. The molecule has 1 aliphatic heterocycles. The van der Waals surface area contributed by atoms with E-state index >= 15 is 0 Å². The fourth-order valence-electron chi connectivity index (χ4n) is 3.94. The standard InChI is InChI=1S/C24H31FN2O3S2/c1-3-5-6-19-15-27(20-11-9-18(25)10-12-20)21-13-23(31-4-2)22(30-16-17-7-8-17)14-24(21)32(28,29)26-19/h9-14,17,19,26H,3-8,15-16H2,1-2H3/t19-/m0/s1. The number of ether oxygens (including phenoxy) is 1. The second kappa shape index (κ2) is 10.0. The summed E-state index contributed by atoms with van der Waals surface area (Å²) in [6.07, 6.45) is 4.98. The van der Waals surface area contributed by atoms with Crippen LogP contribution in [0.2, 0.25) is 0 Å². The van der Waals surface area contributed by atoms with Gasteiger partial charge in [-0.2, -0.15) is 0 Å². The highest BCUT2D eigenvalue weighted by atomic mass is 32.2. The Morgan fingerprint density at radius 1 is 1.19 bits per heavy atom. The molecule has 2 aromatic carbocycles. The van der Waals surface area contributed by atoms with Crippen LogP contribution in [-0.4, -0.2) is 33.4 Å². The van der Waals surface area contributed by atoms with Crippen LogP contribution in [0.5, 0.6) is 5.75 Å². The highest BCUT2D eigenvalue weighted by Crippen LogP contribution is 2.43. The second-order valence-corrected chi connectivity index (χ2v) is 11.5. The Labute approximate surface area is 194 Å². The maximum atomic E-state index is 13.6. The molecule has 174 valence electrons. The molecule has 32 heavy (non-hydrogen) atoms. The fraction of sp³-hybridized carbons (Fsp3) is 0.500. The van der Waals surface area contributed by atoms with Crippen molar-refractivity contribution < 1.29 is 17.5 Å². The number of anilines is 2. The number of benzene rings is 2. The van der Waals surface area contributed by atoms with Crippen molar-refractivity contribution >= 4 is 33.2 Å². The summed E-state index contributed by atoms with van der Waals surface area (Å²) in [6.45, 7) is 5.26. The lowest BCUT2D eigenvalue weighted by Gasteiger charge is -2.28. The van der Waals surface area contributed by atoms with Gasteiger partial charge in [0.25, 0.3) is 0 Å². The van der Waals surface area contributed by atoms with Crippen LogP contribution in [0, 0.1) is 11.7 Å². The summed E-state index contributed by atoms with van der Waals surface area (Å²) in [6, 6.07) is 9.61. The number of halogens is 1. The normalized spacial score (nSPS) is 20.0. The molecule has 2 aromatic rings. The molecular weight excluding hydrogens is 447 g/mol. The number of rotatable bonds is 9. The molecule has 0 spiro atoms. The van der Waals surface area contributed by atoms with Gasteiger partial charge < -0.3 is 9.64 Å². The molecule has 1 heterocycles. The molecule has 0 radical (unpaired) electrons. The van der Waals surface area contributed by atoms with Crippen LogP contribution < -0.4 is 14.4 Å². The minimum atomic E-state index is -3.74. The number of unbranched alkanes of at least 4 members (excludes halogenated alkanes) is 1. The van der Waals surface area contributed by atoms with Crippen LogP contribution in [-0.2, 0) is 10.0 Å². The third kappa shape index (κ3) is 5.41. The molecule has 0 saturated heterocycles. The fourth-order valence-corrected chi connectivity index (χ4v) is 6.17. The maximum Gasteiger partial charge on any atom is 0.243 e. The molecule has 8 heteroatoms. The lowest BCUT2D eigenvalue weighted by molar-refractivity contribution is 0.292. The quantitative estimate of drug-likeness (QED) is 0.468. The summed E-state index contributed by atoms with van der Waals surface area (Å²) >= 11 is 1.64. The Morgan fingerprint density at radius 3 is 2.59 bits per heavy atom. The molecule has 1 aliphatic carbocycles. The summed E-state index contributed by atoms with van der Waals surface area (Å²) in [7, 11) is -3.74. The average Bonchev–Trinajstić information content (AvgIpc) is 3.60. The van der Waals surface area contributed by atoms with E-state index < -0.39 is 10.0 Å². The lowest BCUT2D eigenvalue weighted by atomic mass is 10.1. The van der Waals surface area contributed by atoms with Crippen molar-refractivity contribution in [1.82, 2.24) is 4.72 Å². The van der Waals surface area contributed by atoms with E-state index in [0.29, 0.717) is 30.5 Å². The second-order valence-electron chi connectivity index (χ2n) is 8.50. The number of hydrogen-bond donors (Lipinski definition) is 1. The molecule has 1 atom stereocenters. The summed E-state index contributed by atoms with van der Waals surface area (Å²) in [4.78, 5) is 3.14. The molecular formula is C24H31FN2O3S2. The smallest absolute Gasteiger partial charge is 0.243 e. The average molecular weight is 479 g/mol. The first-order valence-electron chi connectivity index (χ1n) is 11.4. The molecule has 1 N–H and O–H groups in total. The van der Waals surface area contributed by atoms with Gasteiger partial charge in [0.1, 0.15) is 16.5 Å². The van der Waals surface area contributed by atoms with Crippen molar-refractivity contribution in [3.05, 3.63) is 42.2 Å².